The van der Waals surface area contributed by atoms with Crippen molar-refractivity contribution < 1.29 is 13.2 Å². The Balaban J connectivity index is 1.94. The second-order valence-electron chi connectivity index (χ2n) is 6.00. The van der Waals surface area contributed by atoms with Crippen LogP contribution >= 0.6 is 0 Å². The zero-order valence-corrected chi connectivity index (χ0v) is 12.1. The SMILES string of the molecule is CC1(NC(=O)c2n[nH]c(C3CC3)c2S(N)(=O)=O)CCC1. The summed E-state index contributed by atoms with van der Waals surface area (Å²) in [5, 5.41) is 14.7. The Labute approximate surface area is 117 Å². The molecule has 0 radical (unpaired) electrons. The largest absolute Gasteiger partial charge is 0.345 e. The molecule has 7 nitrogen and oxygen atoms in total. The first-order valence-corrected chi connectivity index (χ1v) is 8.28. The molecule has 4 N–H and O–H groups in total. The van der Waals surface area contributed by atoms with Gasteiger partial charge in [-0.1, -0.05) is 0 Å². The molecule has 0 unspecified atom stereocenters. The van der Waals surface area contributed by atoms with Crippen molar-refractivity contribution in [3.8, 4) is 0 Å². The molecule has 110 valence electrons. The van der Waals surface area contributed by atoms with Gasteiger partial charge < -0.3 is 5.32 Å². The molecule has 2 aliphatic rings. The molecule has 2 saturated carbocycles. The number of nitrogens with two attached hydrogens (primary N) is 1. The van der Waals surface area contributed by atoms with Crippen LogP contribution in [0.5, 0.6) is 0 Å². The average Bonchev–Trinajstić information content (AvgIpc) is 3.03. The lowest BCUT2D eigenvalue weighted by Crippen LogP contribution is -2.51. The number of nitrogens with zero attached hydrogens (tertiary/aromatic N) is 1. The Morgan fingerprint density at radius 3 is 2.55 bits per heavy atom. The number of hydrogen-bond acceptors (Lipinski definition) is 4. The third-order valence-electron chi connectivity index (χ3n) is 4.11. The van der Waals surface area contributed by atoms with Crippen molar-refractivity contribution in [3.05, 3.63) is 11.4 Å². The van der Waals surface area contributed by atoms with Crippen LogP contribution in [0.1, 0.15) is 61.1 Å². The highest BCUT2D eigenvalue weighted by molar-refractivity contribution is 7.89. The maximum atomic E-state index is 12.3. The highest BCUT2D eigenvalue weighted by Gasteiger charge is 2.39. The third kappa shape index (κ3) is 2.33. The first-order valence-electron chi connectivity index (χ1n) is 6.74. The highest BCUT2D eigenvalue weighted by Crippen LogP contribution is 2.42. The number of carbonyl (C=O) groups excluding carboxylic acids is 1. The zero-order valence-electron chi connectivity index (χ0n) is 11.3. The molecule has 0 aliphatic heterocycles. The van der Waals surface area contributed by atoms with Crippen molar-refractivity contribution in [1.29, 1.82) is 0 Å². The summed E-state index contributed by atoms with van der Waals surface area (Å²) >= 11 is 0. The van der Waals surface area contributed by atoms with E-state index < -0.39 is 15.9 Å². The van der Waals surface area contributed by atoms with E-state index >= 15 is 0 Å². The standard InChI is InChI=1S/C12H18N4O3S/c1-12(5-2-6-12)14-11(17)9-10(20(13,18)19)8(15-16-9)7-3-4-7/h7H,2-6H2,1H3,(H,14,17)(H,15,16)(H2,13,18,19). The minimum absolute atomic E-state index is 0.109. The van der Waals surface area contributed by atoms with Crippen molar-refractivity contribution >= 4 is 15.9 Å². The number of amides is 1. The number of carbonyl (C=O) groups is 1. The molecule has 1 amide bonds. The third-order valence-corrected chi connectivity index (χ3v) is 5.09. The lowest BCUT2D eigenvalue weighted by atomic mass is 9.78. The molecule has 3 rings (SSSR count). The molecule has 0 spiro atoms. The summed E-state index contributed by atoms with van der Waals surface area (Å²) in [5.41, 5.74) is 0.102. The first-order chi connectivity index (χ1) is 9.30. The fourth-order valence-electron chi connectivity index (χ4n) is 2.60. The van der Waals surface area contributed by atoms with Gasteiger partial charge in [-0.15, -0.1) is 0 Å². The monoisotopic (exact) mass is 298 g/mol. The summed E-state index contributed by atoms with van der Waals surface area (Å²) in [6.45, 7) is 1.94. The molecule has 8 heteroatoms. The number of hydrogen-bond donors (Lipinski definition) is 3. The Hall–Kier alpha value is -1.41. The van der Waals surface area contributed by atoms with E-state index in [9.17, 15) is 13.2 Å². The molecule has 0 aromatic carbocycles. The number of aromatic amines is 1. The zero-order chi connectivity index (χ0) is 14.5. The number of rotatable bonds is 4. The first kappa shape index (κ1) is 13.6. The summed E-state index contributed by atoms with van der Waals surface area (Å²) in [6, 6.07) is 0. The Morgan fingerprint density at radius 1 is 1.45 bits per heavy atom. The van der Waals surface area contributed by atoms with Gasteiger partial charge in [-0.05, 0) is 39.0 Å². The van der Waals surface area contributed by atoms with E-state index in [2.05, 4.69) is 15.5 Å². The summed E-state index contributed by atoms with van der Waals surface area (Å²) in [6.07, 6.45) is 4.63. The van der Waals surface area contributed by atoms with Crippen molar-refractivity contribution in [1.82, 2.24) is 15.5 Å². The van der Waals surface area contributed by atoms with Gasteiger partial charge in [0.05, 0.1) is 5.69 Å². The van der Waals surface area contributed by atoms with Crippen LogP contribution in [0.4, 0.5) is 0 Å². The fourth-order valence-corrected chi connectivity index (χ4v) is 3.53. The van der Waals surface area contributed by atoms with Crippen LogP contribution in [0.3, 0.4) is 0 Å². The number of primary sulfonamides is 1. The molecule has 0 saturated heterocycles. The summed E-state index contributed by atoms with van der Waals surface area (Å²) in [5.74, 6) is -0.351. The average molecular weight is 298 g/mol. The van der Waals surface area contributed by atoms with Crippen LogP contribution in [0.15, 0.2) is 4.90 Å². The lowest BCUT2D eigenvalue weighted by Gasteiger charge is -2.38. The second kappa shape index (κ2) is 4.29. The Kier molecular flexibility index (Phi) is 2.91. The van der Waals surface area contributed by atoms with Crippen LogP contribution in [0.25, 0.3) is 0 Å². The molecule has 0 bridgehead atoms. The van der Waals surface area contributed by atoms with Gasteiger partial charge >= 0.3 is 0 Å². The van der Waals surface area contributed by atoms with Crippen molar-refractivity contribution in [3.63, 3.8) is 0 Å². The Bertz CT molecular complexity index is 656. The highest BCUT2D eigenvalue weighted by atomic mass is 32.2. The van der Waals surface area contributed by atoms with Crippen molar-refractivity contribution in [2.45, 2.75) is 55.4 Å². The smallest absolute Gasteiger partial charge is 0.273 e. The van der Waals surface area contributed by atoms with E-state index in [0.29, 0.717) is 5.69 Å². The van der Waals surface area contributed by atoms with Crippen LogP contribution in [-0.2, 0) is 10.0 Å². The molecular formula is C12H18N4O3S. The molecule has 2 fully saturated rings. The van der Waals surface area contributed by atoms with E-state index in [-0.39, 0.29) is 22.0 Å². The predicted octanol–water partition coefficient (Wildman–Crippen LogP) is 0.607. The maximum Gasteiger partial charge on any atom is 0.273 e. The quantitative estimate of drug-likeness (QED) is 0.754. The van der Waals surface area contributed by atoms with Crippen LogP contribution in [-0.4, -0.2) is 30.1 Å². The molecule has 1 heterocycles. The summed E-state index contributed by atoms with van der Waals surface area (Å²) in [4.78, 5) is 12.1. The second-order valence-corrected chi connectivity index (χ2v) is 7.50. The van der Waals surface area contributed by atoms with E-state index in [1.165, 1.54) is 0 Å². The van der Waals surface area contributed by atoms with Crippen LogP contribution < -0.4 is 10.5 Å². The van der Waals surface area contributed by atoms with E-state index in [0.717, 1.165) is 32.1 Å². The van der Waals surface area contributed by atoms with E-state index in [4.69, 9.17) is 5.14 Å². The van der Waals surface area contributed by atoms with Gasteiger partial charge in [0.2, 0.25) is 10.0 Å². The molecular weight excluding hydrogens is 280 g/mol. The van der Waals surface area contributed by atoms with Crippen LogP contribution in [0, 0.1) is 0 Å². The molecule has 2 aliphatic carbocycles. The molecule has 1 aromatic rings. The number of nitrogens with one attached hydrogen (secondary N) is 2. The van der Waals surface area contributed by atoms with E-state index in [1.807, 2.05) is 6.92 Å². The van der Waals surface area contributed by atoms with Gasteiger partial charge in [-0.2, -0.15) is 5.10 Å². The van der Waals surface area contributed by atoms with Gasteiger partial charge in [0.15, 0.2) is 5.69 Å². The summed E-state index contributed by atoms with van der Waals surface area (Å²) < 4.78 is 23.5. The van der Waals surface area contributed by atoms with Crippen molar-refractivity contribution in [2.75, 3.05) is 0 Å². The predicted molar refractivity (Wildman–Crippen MR) is 71.7 cm³/mol. The van der Waals surface area contributed by atoms with Crippen molar-refractivity contribution in [2.24, 2.45) is 5.14 Å². The van der Waals surface area contributed by atoms with Crippen LogP contribution in [0.2, 0.25) is 0 Å². The maximum absolute atomic E-state index is 12.3. The normalized spacial score (nSPS) is 21.3. The van der Waals surface area contributed by atoms with Gasteiger partial charge in [-0.25, -0.2) is 13.6 Å². The topological polar surface area (TPSA) is 118 Å². The minimum Gasteiger partial charge on any atom is -0.345 e. The summed E-state index contributed by atoms with van der Waals surface area (Å²) in [7, 11) is -3.97. The van der Waals surface area contributed by atoms with Gasteiger partial charge in [0.25, 0.3) is 5.91 Å². The van der Waals surface area contributed by atoms with E-state index in [1.54, 1.807) is 0 Å². The molecule has 20 heavy (non-hydrogen) atoms. The number of aromatic nitrogens is 2. The molecule has 0 atom stereocenters. The fraction of sp³-hybridized carbons (Fsp3) is 0.667. The van der Waals surface area contributed by atoms with Gasteiger partial charge in [0, 0.05) is 11.5 Å². The number of H-pyrrole nitrogens is 1. The van der Waals surface area contributed by atoms with Gasteiger partial charge in [-0.3, -0.25) is 9.89 Å². The number of sulfonamides is 1. The minimum atomic E-state index is -3.97. The van der Waals surface area contributed by atoms with Gasteiger partial charge in [0.1, 0.15) is 4.90 Å². The lowest BCUT2D eigenvalue weighted by molar-refractivity contribution is 0.0841. The Morgan fingerprint density at radius 2 is 2.10 bits per heavy atom. The molecule has 1 aromatic heterocycles.